The number of aliphatic hydroxyl groups is 5. The fourth-order valence-corrected chi connectivity index (χ4v) is 2.74. The summed E-state index contributed by atoms with van der Waals surface area (Å²) < 4.78 is 20.6. The van der Waals surface area contributed by atoms with E-state index in [1.807, 2.05) is 0 Å². The molecule has 0 aromatic heterocycles. The third kappa shape index (κ3) is 3.94. The van der Waals surface area contributed by atoms with Crippen molar-refractivity contribution in [1.29, 1.82) is 0 Å². The van der Waals surface area contributed by atoms with Gasteiger partial charge in [0.1, 0.15) is 36.6 Å². The van der Waals surface area contributed by atoms with Crippen LogP contribution in [0.3, 0.4) is 0 Å². The first-order valence-electron chi connectivity index (χ1n) is 5.77. The molecule has 0 amide bonds. The smallest absolute Gasteiger partial charge is 0.387 e. The average Bonchev–Trinajstić information content (AvgIpc) is 2.37. The molecule has 0 aromatic rings. The van der Waals surface area contributed by atoms with Gasteiger partial charge in [0.05, 0.1) is 6.61 Å². The van der Waals surface area contributed by atoms with E-state index in [0.29, 0.717) is 6.42 Å². The molecule has 9 nitrogen and oxygen atoms in total. The Morgan fingerprint density at radius 3 is 1.79 bits per heavy atom. The molecule has 19 heavy (non-hydrogen) atoms. The molecular formula is C9H19O9P. The summed E-state index contributed by atoms with van der Waals surface area (Å²) in [5.41, 5.74) is 0. The lowest BCUT2D eigenvalue weighted by atomic mass is 9.85. The van der Waals surface area contributed by atoms with Crippen molar-refractivity contribution in [3.05, 3.63) is 0 Å². The van der Waals surface area contributed by atoms with E-state index in [1.165, 1.54) is 0 Å². The van der Waals surface area contributed by atoms with Crippen LogP contribution in [0.1, 0.15) is 13.3 Å². The molecule has 0 saturated heterocycles. The van der Waals surface area contributed by atoms with Crippen LogP contribution in [0.15, 0.2) is 0 Å². The van der Waals surface area contributed by atoms with Gasteiger partial charge in [0.25, 0.3) is 0 Å². The Hall–Kier alpha value is -0.0900. The molecule has 0 bridgehead atoms. The molecular weight excluding hydrogens is 283 g/mol. The van der Waals surface area contributed by atoms with Gasteiger partial charge < -0.3 is 30.4 Å². The molecule has 1 rings (SSSR count). The molecule has 1 aliphatic carbocycles. The summed E-state index contributed by atoms with van der Waals surface area (Å²) in [5, 5.41) is 47.3. The highest BCUT2D eigenvalue weighted by molar-refractivity contribution is 7.47. The summed E-state index contributed by atoms with van der Waals surface area (Å²) in [4.78, 5) is 9.33. The van der Waals surface area contributed by atoms with Gasteiger partial charge >= 0.3 is 7.82 Å². The number of rotatable bonds is 5. The van der Waals surface area contributed by atoms with Gasteiger partial charge in [-0.15, -0.1) is 0 Å². The molecule has 7 atom stereocenters. The van der Waals surface area contributed by atoms with Crippen molar-refractivity contribution in [2.45, 2.75) is 50.0 Å². The minimum Gasteiger partial charge on any atom is -0.387 e. The molecule has 0 aromatic carbocycles. The van der Waals surface area contributed by atoms with Crippen molar-refractivity contribution in [2.75, 3.05) is 6.61 Å². The largest absolute Gasteiger partial charge is 0.472 e. The van der Waals surface area contributed by atoms with Crippen LogP contribution in [0.4, 0.5) is 0 Å². The maximum atomic E-state index is 11.5. The Bertz CT molecular complexity index is 322. The van der Waals surface area contributed by atoms with Crippen LogP contribution in [-0.4, -0.2) is 73.7 Å². The van der Waals surface area contributed by atoms with Gasteiger partial charge in [0.2, 0.25) is 0 Å². The Morgan fingerprint density at radius 1 is 0.947 bits per heavy atom. The maximum absolute atomic E-state index is 11.5. The maximum Gasteiger partial charge on any atom is 0.472 e. The van der Waals surface area contributed by atoms with Crippen LogP contribution >= 0.6 is 7.82 Å². The van der Waals surface area contributed by atoms with E-state index in [4.69, 9.17) is 0 Å². The first-order chi connectivity index (χ1) is 8.71. The normalized spacial score (nSPS) is 42.9. The van der Waals surface area contributed by atoms with Crippen LogP contribution < -0.4 is 0 Å². The average molecular weight is 302 g/mol. The Labute approximate surface area is 109 Å². The fraction of sp³-hybridized carbons (Fsp3) is 1.00. The van der Waals surface area contributed by atoms with Crippen molar-refractivity contribution < 1.29 is 44.0 Å². The van der Waals surface area contributed by atoms with E-state index in [2.05, 4.69) is 9.05 Å². The van der Waals surface area contributed by atoms with Crippen LogP contribution in [0.25, 0.3) is 0 Å². The molecule has 3 unspecified atom stereocenters. The van der Waals surface area contributed by atoms with Crippen molar-refractivity contribution in [3.63, 3.8) is 0 Å². The third-order valence-corrected chi connectivity index (χ3v) is 3.81. The molecule has 0 spiro atoms. The van der Waals surface area contributed by atoms with Gasteiger partial charge in [-0.25, -0.2) is 4.57 Å². The Kier molecular flexibility index (Phi) is 5.87. The summed E-state index contributed by atoms with van der Waals surface area (Å²) in [7, 11) is -4.55. The number of hydrogen-bond donors (Lipinski definition) is 6. The van der Waals surface area contributed by atoms with Gasteiger partial charge in [-0.3, -0.25) is 9.05 Å². The second kappa shape index (κ2) is 6.57. The van der Waals surface area contributed by atoms with Gasteiger partial charge in [0, 0.05) is 0 Å². The zero-order valence-corrected chi connectivity index (χ0v) is 11.1. The number of phosphoric acid groups is 1. The minimum absolute atomic E-state index is 0.0829. The molecule has 0 radical (unpaired) electrons. The predicted molar refractivity (Wildman–Crippen MR) is 61.0 cm³/mol. The van der Waals surface area contributed by atoms with E-state index < -0.39 is 44.4 Å². The third-order valence-electron chi connectivity index (χ3n) is 2.79. The van der Waals surface area contributed by atoms with E-state index in [9.17, 15) is 35.0 Å². The summed E-state index contributed by atoms with van der Waals surface area (Å²) >= 11 is 0. The molecule has 0 aliphatic heterocycles. The van der Waals surface area contributed by atoms with E-state index >= 15 is 0 Å². The van der Waals surface area contributed by atoms with Gasteiger partial charge in [-0.1, -0.05) is 6.92 Å². The summed E-state index contributed by atoms with van der Waals surface area (Å²) in [6.45, 7) is 1.61. The second-order valence-corrected chi connectivity index (χ2v) is 5.73. The lowest BCUT2D eigenvalue weighted by molar-refractivity contribution is -0.220. The van der Waals surface area contributed by atoms with Crippen LogP contribution in [0, 0.1) is 0 Å². The Morgan fingerprint density at radius 2 is 1.37 bits per heavy atom. The van der Waals surface area contributed by atoms with Gasteiger partial charge in [-0.05, 0) is 6.42 Å². The topological polar surface area (TPSA) is 157 Å². The quantitative estimate of drug-likeness (QED) is 0.308. The number of hydrogen-bond acceptors (Lipinski definition) is 8. The SMILES string of the molecule is CCCOP(=O)(O)OC1[C@@H](O)[C@H](O)C(O)[C@H](O)[C@@H]1O. The Balaban J connectivity index is 2.78. The fourth-order valence-electron chi connectivity index (χ4n) is 1.71. The summed E-state index contributed by atoms with van der Waals surface area (Å²) in [6.07, 6.45) is -10.5. The molecule has 114 valence electrons. The van der Waals surface area contributed by atoms with Crippen LogP contribution in [0.2, 0.25) is 0 Å². The summed E-state index contributed by atoms with van der Waals surface area (Å²) in [5.74, 6) is 0. The molecule has 1 saturated carbocycles. The first-order valence-corrected chi connectivity index (χ1v) is 7.27. The molecule has 1 aliphatic rings. The van der Waals surface area contributed by atoms with E-state index in [1.54, 1.807) is 6.92 Å². The van der Waals surface area contributed by atoms with Gasteiger partial charge in [0.15, 0.2) is 0 Å². The molecule has 1 fully saturated rings. The molecule has 6 N–H and O–H groups in total. The van der Waals surface area contributed by atoms with Crippen molar-refractivity contribution in [2.24, 2.45) is 0 Å². The van der Waals surface area contributed by atoms with E-state index in [0.717, 1.165) is 0 Å². The van der Waals surface area contributed by atoms with E-state index in [-0.39, 0.29) is 6.61 Å². The number of aliphatic hydroxyl groups excluding tert-OH is 5. The first kappa shape index (κ1) is 17.0. The molecule has 0 heterocycles. The monoisotopic (exact) mass is 302 g/mol. The standard InChI is InChI=1S/C9H19O9P/c1-2-3-17-19(15,16)18-9-7(13)5(11)4(10)6(12)8(9)14/h4-14H,2-3H2,1H3,(H,15,16)/t4?,5-,6+,7-,8-,9?/m0/s1. The van der Waals surface area contributed by atoms with Gasteiger partial charge in [-0.2, -0.15) is 0 Å². The number of phosphoric ester groups is 1. The van der Waals surface area contributed by atoms with Crippen LogP contribution in [0.5, 0.6) is 0 Å². The highest BCUT2D eigenvalue weighted by Gasteiger charge is 2.51. The zero-order chi connectivity index (χ0) is 14.8. The lowest BCUT2D eigenvalue weighted by Crippen LogP contribution is -2.64. The van der Waals surface area contributed by atoms with Crippen molar-refractivity contribution >= 4 is 7.82 Å². The van der Waals surface area contributed by atoms with Crippen molar-refractivity contribution in [1.82, 2.24) is 0 Å². The highest BCUT2D eigenvalue weighted by atomic mass is 31.2. The van der Waals surface area contributed by atoms with Crippen molar-refractivity contribution in [3.8, 4) is 0 Å². The predicted octanol–water partition coefficient (Wildman–Crippen LogP) is -2.28. The highest BCUT2D eigenvalue weighted by Crippen LogP contribution is 2.46. The lowest BCUT2D eigenvalue weighted by Gasteiger charge is -2.41. The second-order valence-electron chi connectivity index (χ2n) is 4.32. The van der Waals surface area contributed by atoms with Crippen LogP contribution in [-0.2, 0) is 13.6 Å². The molecule has 10 heteroatoms. The minimum atomic E-state index is -4.55. The zero-order valence-electron chi connectivity index (χ0n) is 10.2. The summed E-state index contributed by atoms with van der Waals surface area (Å²) in [6, 6.07) is 0.